The Labute approximate surface area is 118 Å². The van der Waals surface area contributed by atoms with E-state index < -0.39 is 0 Å². The first-order chi connectivity index (χ1) is 8.60. The van der Waals surface area contributed by atoms with E-state index in [2.05, 4.69) is 20.7 Å². The molecule has 0 amide bonds. The van der Waals surface area contributed by atoms with Crippen molar-refractivity contribution >= 4 is 52.3 Å². The molecule has 5 nitrogen and oxygen atoms in total. The molecule has 1 aromatic heterocycles. The smallest absolute Gasteiger partial charge is 0.239 e. The first kappa shape index (κ1) is 13.2. The highest BCUT2D eigenvalue weighted by atomic mass is 35.5. The normalized spacial score (nSPS) is 10.2. The second kappa shape index (κ2) is 5.58. The molecule has 94 valence electrons. The third-order valence-electron chi connectivity index (χ3n) is 2.06. The number of nitrogen functional groups attached to an aromatic ring is 1. The molecule has 0 saturated heterocycles. The van der Waals surface area contributed by atoms with E-state index in [9.17, 15) is 0 Å². The number of hydrazine groups is 1. The molecule has 0 unspecified atom stereocenters. The second-order valence-corrected chi connectivity index (χ2v) is 4.53. The van der Waals surface area contributed by atoms with Crippen LogP contribution in [-0.4, -0.2) is 9.97 Å². The Morgan fingerprint density at radius 1 is 1.11 bits per heavy atom. The molecule has 8 heteroatoms. The summed E-state index contributed by atoms with van der Waals surface area (Å²) in [4.78, 5) is 7.93. The zero-order valence-electron chi connectivity index (χ0n) is 8.92. The molecule has 0 saturated carbocycles. The standard InChI is InChI=1S/C10H8Cl3N5/c11-5-1-2-8(6(12)3-5)16-9-7(13)4-15-10(17-9)18-14/h1-4H,14H2,(H2,15,16,17,18). The molecule has 18 heavy (non-hydrogen) atoms. The zero-order chi connectivity index (χ0) is 13.1. The van der Waals surface area contributed by atoms with Crippen LogP contribution in [0.5, 0.6) is 0 Å². The van der Waals surface area contributed by atoms with E-state index in [-0.39, 0.29) is 5.95 Å². The minimum atomic E-state index is 0.243. The number of nitrogens with one attached hydrogen (secondary N) is 2. The van der Waals surface area contributed by atoms with E-state index in [1.54, 1.807) is 18.2 Å². The number of hydrogen-bond donors (Lipinski definition) is 3. The third-order valence-corrected chi connectivity index (χ3v) is 2.88. The van der Waals surface area contributed by atoms with Crippen LogP contribution in [0, 0.1) is 0 Å². The van der Waals surface area contributed by atoms with Crippen molar-refractivity contribution in [2.75, 3.05) is 10.7 Å². The fourth-order valence-electron chi connectivity index (χ4n) is 1.24. The number of anilines is 3. The Morgan fingerprint density at radius 2 is 1.89 bits per heavy atom. The molecule has 1 aromatic carbocycles. The van der Waals surface area contributed by atoms with E-state index in [0.29, 0.717) is 26.6 Å². The molecule has 4 N–H and O–H groups in total. The fraction of sp³-hybridized carbons (Fsp3) is 0. The molecule has 0 aliphatic heterocycles. The van der Waals surface area contributed by atoms with Gasteiger partial charge in [-0.15, -0.1) is 0 Å². The Morgan fingerprint density at radius 3 is 2.56 bits per heavy atom. The summed E-state index contributed by atoms with van der Waals surface area (Å²) in [6, 6.07) is 5.04. The summed E-state index contributed by atoms with van der Waals surface area (Å²) in [5, 5.41) is 4.32. The van der Waals surface area contributed by atoms with Crippen LogP contribution in [0.3, 0.4) is 0 Å². The number of nitrogens with zero attached hydrogens (tertiary/aromatic N) is 2. The molecule has 2 rings (SSSR count). The Kier molecular flexibility index (Phi) is 4.08. The first-order valence-electron chi connectivity index (χ1n) is 4.81. The summed E-state index contributed by atoms with van der Waals surface area (Å²) in [5.41, 5.74) is 2.96. The van der Waals surface area contributed by atoms with E-state index in [0.717, 1.165) is 0 Å². The van der Waals surface area contributed by atoms with Crippen molar-refractivity contribution in [3.8, 4) is 0 Å². The highest BCUT2D eigenvalue weighted by Crippen LogP contribution is 2.30. The SMILES string of the molecule is NNc1ncc(Cl)c(Nc2ccc(Cl)cc2Cl)n1. The lowest BCUT2D eigenvalue weighted by Gasteiger charge is -2.10. The molecular formula is C10H8Cl3N5. The summed E-state index contributed by atoms with van der Waals surface area (Å²) in [7, 11) is 0. The maximum Gasteiger partial charge on any atom is 0.239 e. The Bertz CT molecular complexity index is 575. The lowest BCUT2D eigenvalue weighted by atomic mass is 10.3. The maximum atomic E-state index is 6.03. The van der Waals surface area contributed by atoms with Crippen molar-refractivity contribution in [1.29, 1.82) is 0 Å². The van der Waals surface area contributed by atoms with Gasteiger partial charge >= 0.3 is 0 Å². The molecule has 0 atom stereocenters. The maximum absolute atomic E-state index is 6.03. The lowest BCUT2D eigenvalue weighted by Crippen LogP contribution is -2.11. The molecule has 0 fully saturated rings. The largest absolute Gasteiger partial charge is 0.338 e. The molecule has 2 aromatic rings. The molecule has 0 aliphatic carbocycles. The Balaban J connectivity index is 2.33. The highest BCUT2D eigenvalue weighted by molar-refractivity contribution is 6.36. The average Bonchev–Trinajstić information content (AvgIpc) is 2.35. The predicted molar refractivity (Wildman–Crippen MR) is 74.6 cm³/mol. The molecule has 0 aliphatic rings. The van der Waals surface area contributed by atoms with E-state index in [4.69, 9.17) is 40.6 Å². The van der Waals surface area contributed by atoms with Crippen LogP contribution in [0.2, 0.25) is 15.1 Å². The minimum absolute atomic E-state index is 0.243. The van der Waals surface area contributed by atoms with Crippen LogP contribution < -0.4 is 16.6 Å². The minimum Gasteiger partial charge on any atom is -0.338 e. The van der Waals surface area contributed by atoms with Gasteiger partial charge < -0.3 is 5.32 Å². The van der Waals surface area contributed by atoms with Crippen LogP contribution in [-0.2, 0) is 0 Å². The van der Waals surface area contributed by atoms with Gasteiger partial charge in [0.05, 0.1) is 16.9 Å². The van der Waals surface area contributed by atoms with Crippen molar-refractivity contribution in [3.63, 3.8) is 0 Å². The lowest BCUT2D eigenvalue weighted by molar-refractivity contribution is 1.12. The molecule has 1 heterocycles. The average molecular weight is 305 g/mol. The summed E-state index contributed by atoms with van der Waals surface area (Å²) in [6.45, 7) is 0. The van der Waals surface area contributed by atoms with Gasteiger partial charge in [-0.25, -0.2) is 10.8 Å². The zero-order valence-corrected chi connectivity index (χ0v) is 11.2. The number of aromatic nitrogens is 2. The van der Waals surface area contributed by atoms with Gasteiger partial charge in [-0.1, -0.05) is 34.8 Å². The van der Waals surface area contributed by atoms with E-state index in [1.807, 2.05) is 0 Å². The monoisotopic (exact) mass is 303 g/mol. The molecule has 0 spiro atoms. The number of rotatable bonds is 3. The highest BCUT2D eigenvalue weighted by Gasteiger charge is 2.07. The van der Waals surface area contributed by atoms with Crippen molar-refractivity contribution in [2.24, 2.45) is 5.84 Å². The second-order valence-electron chi connectivity index (χ2n) is 3.28. The summed E-state index contributed by atoms with van der Waals surface area (Å²) in [5.74, 6) is 5.86. The van der Waals surface area contributed by atoms with Gasteiger partial charge in [0, 0.05) is 5.02 Å². The van der Waals surface area contributed by atoms with Gasteiger partial charge in [-0.05, 0) is 18.2 Å². The number of benzene rings is 1. The number of hydrogen-bond acceptors (Lipinski definition) is 5. The van der Waals surface area contributed by atoms with Crippen LogP contribution in [0.15, 0.2) is 24.4 Å². The summed E-state index contributed by atoms with van der Waals surface area (Å²) >= 11 is 17.8. The van der Waals surface area contributed by atoms with Crippen molar-refractivity contribution in [2.45, 2.75) is 0 Å². The Hall–Kier alpha value is -1.27. The number of nitrogens with two attached hydrogens (primary N) is 1. The predicted octanol–water partition coefficient (Wildman–Crippen LogP) is 3.47. The van der Waals surface area contributed by atoms with Crippen LogP contribution in [0.25, 0.3) is 0 Å². The van der Waals surface area contributed by atoms with Crippen molar-refractivity contribution < 1.29 is 0 Å². The first-order valence-corrected chi connectivity index (χ1v) is 5.95. The van der Waals surface area contributed by atoms with Gasteiger partial charge in [0.2, 0.25) is 5.95 Å². The van der Waals surface area contributed by atoms with Crippen LogP contribution >= 0.6 is 34.8 Å². The van der Waals surface area contributed by atoms with Gasteiger partial charge in [0.1, 0.15) is 5.02 Å². The van der Waals surface area contributed by atoms with Crippen molar-refractivity contribution in [1.82, 2.24) is 9.97 Å². The summed E-state index contributed by atoms with van der Waals surface area (Å²) in [6.07, 6.45) is 1.43. The fourth-order valence-corrected chi connectivity index (χ4v) is 1.84. The molecular weight excluding hydrogens is 297 g/mol. The summed E-state index contributed by atoms with van der Waals surface area (Å²) < 4.78 is 0. The topological polar surface area (TPSA) is 75.9 Å². The van der Waals surface area contributed by atoms with Crippen LogP contribution in [0.1, 0.15) is 0 Å². The van der Waals surface area contributed by atoms with Gasteiger partial charge in [-0.3, -0.25) is 5.43 Å². The third kappa shape index (κ3) is 2.94. The van der Waals surface area contributed by atoms with E-state index in [1.165, 1.54) is 6.20 Å². The van der Waals surface area contributed by atoms with E-state index >= 15 is 0 Å². The van der Waals surface area contributed by atoms with Crippen molar-refractivity contribution in [3.05, 3.63) is 39.5 Å². The number of halogens is 3. The van der Waals surface area contributed by atoms with Crippen LogP contribution in [0.4, 0.5) is 17.5 Å². The molecule has 0 bridgehead atoms. The molecule has 0 radical (unpaired) electrons. The van der Waals surface area contributed by atoms with Gasteiger partial charge in [0.15, 0.2) is 5.82 Å². The quantitative estimate of drug-likeness (QED) is 0.598. The van der Waals surface area contributed by atoms with Gasteiger partial charge in [-0.2, -0.15) is 4.98 Å². The van der Waals surface area contributed by atoms with Gasteiger partial charge in [0.25, 0.3) is 0 Å².